The Labute approximate surface area is 71.7 Å². The van der Waals surface area contributed by atoms with E-state index in [2.05, 4.69) is 39.8 Å². The van der Waals surface area contributed by atoms with Crippen molar-refractivity contribution >= 4 is 0 Å². The first-order valence-corrected chi connectivity index (χ1v) is 4.59. The van der Waals surface area contributed by atoms with E-state index in [0.717, 1.165) is 12.8 Å². The van der Waals surface area contributed by atoms with Gasteiger partial charge in [-0.2, -0.15) is 0 Å². The van der Waals surface area contributed by atoms with Crippen LogP contribution in [0.3, 0.4) is 0 Å². The van der Waals surface area contributed by atoms with Gasteiger partial charge in [0.2, 0.25) is 0 Å². The summed E-state index contributed by atoms with van der Waals surface area (Å²) >= 11 is 0. The lowest BCUT2D eigenvalue weighted by molar-refractivity contribution is 0.431. The normalized spacial score (nSPS) is 12.7. The van der Waals surface area contributed by atoms with Gasteiger partial charge in [0.05, 0.1) is 0 Å². The highest BCUT2D eigenvalue weighted by atomic mass is 14.2. The van der Waals surface area contributed by atoms with Crippen molar-refractivity contribution in [1.82, 2.24) is 0 Å². The summed E-state index contributed by atoms with van der Waals surface area (Å²) in [5, 5.41) is 0. The quantitative estimate of drug-likeness (QED) is 0.524. The summed E-state index contributed by atoms with van der Waals surface area (Å²) in [4.78, 5) is 0. The van der Waals surface area contributed by atoms with Gasteiger partial charge in [0, 0.05) is 0 Å². The highest BCUT2D eigenvalue weighted by Crippen LogP contribution is 2.23. The van der Waals surface area contributed by atoms with Gasteiger partial charge in [0.25, 0.3) is 0 Å². The molecule has 0 atom stereocenters. The molecule has 0 aromatic rings. The first kappa shape index (κ1) is 10.7. The first-order valence-electron chi connectivity index (χ1n) is 4.59. The second kappa shape index (κ2) is 5.40. The second-order valence-electron chi connectivity index (χ2n) is 3.78. The largest absolute Gasteiger partial charge is 0.0880 e. The Morgan fingerprint density at radius 3 is 2.45 bits per heavy atom. The van der Waals surface area contributed by atoms with Crippen LogP contribution >= 0.6 is 0 Å². The van der Waals surface area contributed by atoms with E-state index in [-0.39, 0.29) is 0 Å². The number of unbranched alkanes of at least 4 members (excludes halogenated alkanes) is 1. The van der Waals surface area contributed by atoms with Crippen LogP contribution in [0.25, 0.3) is 0 Å². The fraction of sp³-hybridized carbons (Fsp3) is 0.727. The molecule has 0 heteroatoms. The molecule has 0 aromatic carbocycles. The van der Waals surface area contributed by atoms with Crippen LogP contribution in [-0.2, 0) is 0 Å². The fourth-order valence-corrected chi connectivity index (χ4v) is 1.25. The molecule has 0 aliphatic carbocycles. The molecule has 0 spiro atoms. The van der Waals surface area contributed by atoms with Crippen molar-refractivity contribution in [3.63, 3.8) is 0 Å². The van der Waals surface area contributed by atoms with Crippen molar-refractivity contribution in [2.75, 3.05) is 0 Å². The molecule has 0 saturated carbocycles. The van der Waals surface area contributed by atoms with Crippen LogP contribution in [0.1, 0.15) is 46.5 Å². The molecule has 0 amide bonds. The maximum atomic E-state index is 3.80. The number of rotatable bonds is 5. The summed E-state index contributed by atoms with van der Waals surface area (Å²) in [5.74, 6) is 0. The summed E-state index contributed by atoms with van der Waals surface area (Å²) in [6.07, 6.45) is 9.25. The predicted molar refractivity (Wildman–Crippen MR) is 52.4 cm³/mol. The maximum Gasteiger partial charge on any atom is -0.0175 e. The lowest BCUT2D eigenvalue weighted by atomic mass is 9.87. The zero-order valence-corrected chi connectivity index (χ0v) is 8.19. The molecular formula is C11H21. The Balaban J connectivity index is 3.69. The Morgan fingerprint density at radius 2 is 2.00 bits per heavy atom. The smallest absolute Gasteiger partial charge is 0.0175 e. The second-order valence-corrected chi connectivity index (χ2v) is 3.78. The monoisotopic (exact) mass is 153 g/mol. The van der Waals surface area contributed by atoms with Gasteiger partial charge in [-0.1, -0.05) is 46.3 Å². The molecule has 0 aliphatic rings. The summed E-state index contributed by atoms with van der Waals surface area (Å²) in [6.45, 7) is 10.6. The van der Waals surface area contributed by atoms with Crippen LogP contribution in [0, 0.1) is 12.3 Å². The number of allylic oxidation sites excluding steroid dienone is 2. The SMILES string of the molecule is [CH2]CC/C=C/C(C)(C)CCC. The zero-order valence-electron chi connectivity index (χ0n) is 8.19. The van der Waals surface area contributed by atoms with Crippen LogP contribution in [0.5, 0.6) is 0 Å². The molecule has 0 saturated heterocycles. The van der Waals surface area contributed by atoms with Crippen molar-refractivity contribution in [3.8, 4) is 0 Å². The van der Waals surface area contributed by atoms with Crippen LogP contribution in [-0.4, -0.2) is 0 Å². The van der Waals surface area contributed by atoms with Crippen molar-refractivity contribution in [1.29, 1.82) is 0 Å². The summed E-state index contributed by atoms with van der Waals surface area (Å²) in [6, 6.07) is 0. The number of hydrogen-bond acceptors (Lipinski definition) is 0. The van der Waals surface area contributed by atoms with Crippen LogP contribution in [0.15, 0.2) is 12.2 Å². The Hall–Kier alpha value is -0.260. The van der Waals surface area contributed by atoms with E-state index in [1.807, 2.05) is 0 Å². The maximum absolute atomic E-state index is 3.80. The predicted octanol–water partition coefficient (Wildman–Crippen LogP) is 3.98. The molecule has 0 rings (SSSR count). The summed E-state index contributed by atoms with van der Waals surface area (Å²) in [7, 11) is 0. The van der Waals surface area contributed by atoms with Crippen LogP contribution < -0.4 is 0 Å². The minimum Gasteiger partial charge on any atom is -0.0880 e. The summed E-state index contributed by atoms with van der Waals surface area (Å²) in [5.41, 5.74) is 0.393. The van der Waals surface area contributed by atoms with Gasteiger partial charge in [-0.15, -0.1) is 0 Å². The fourth-order valence-electron chi connectivity index (χ4n) is 1.25. The van der Waals surface area contributed by atoms with Gasteiger partial charge >= 0.3 is 0 Å². The molecule has 0 N–H and O–H groups in total. The Kier molecular flexibility index (Phi) is 5.27. The highest BCUT2D eigenvalue weighted by Gasteiger charge is 2.10. The van der Waals surface area contributed by atoms with Gasteiger partial charge in [0.1, 0.15) is 0 Å². The molecule has 0 aliphatic heterocycles. The molecule has 0 aromatic heterocycles. The van der Waals surface area contributed by atoms with Crippen molar-refractivity contribution in [3.05, 3.63) is 19.1 Å². The van der Waals surface area contributed by atoms with Crippen LogP contribution in [0.4, 0.5) is 0 Å². The van der Waals surface area contributed by atoms with Gasteiger partial charge < -0.3 is 0 Å². The molecule has 11 heavy (non-hydrogen) atoms. The van der Waals surface area contributed by atoms with Gasteiger partial charge in [-0.3, -0.25) is 0 Å². The van der Waals surface area contributed by atoms with Crippen LogP contribution in [0.2, 0.25) is 0 Å². The van der Waals surface area contributed by atoms with E-state index in [1.54, 1.807) is 0 Å². The lowest BCUT2D eigenvalue weighted by Crippen LogP contribution is -2.05. The van der Waals surface area contributed by atoms with E-state index in [0.29, 0.717) is 5.41 Å². The first-order chi connectivity index (χ1) is 5.12. The molecule has 65 valence electrons. The average Bonchev–Trinajstić information content (AvgIpc) is 1.87. The van der Waals surface area contributed by atoms with Gasteiger partial charge in [-0.25, -0.2) is 0 Å². The zero-order chi connectivity index (χ0) is 8.74. The van der Waals surface area contributed by atoms with E-state index >= 15 is 0 Å². The van der Waals surface area contributed by atoms with Gasteiger partial charge in [0.15, 0.2) is 0 Å². The van der Waals surface area contributed by atoms with E-state index in [9.17, 15) is 0 Å². The van der Waals surface area contributed by atoms with Gasteiger partial charge in [-0.05, 0) is 24.7 Å². The molecule has 0 unspecified atom stereocenters. The Bertz CT molecular complexity index is 109. The molecular weight excluding hydrogens is 132 g/mol. The standard InChI is InChI=1S/C11H21/c1-5-7-8-10-11(3,4)9-6-2/h8,10H,1,5-7,9H2,2-4H3/b10-8+. The van der Waals surface area contributed by atoms with Crippen molar-refractivity contribution in [2.45, 2.75) is 46.5 Å². The average molecular weight is 153 g/mol. The number of hydrogen-bond donors (Lipinski definition) is 0. The minimum atomic E-state index is 0.393. The molecule has 0 heterocycles. The minimum absolute atomic E-state index is 0.393. The topological polar surface area (TPSA) is 0 Å². The molecule has 1 radical (unpaired) electrons. The third-order valence-electron chi connectivity index (χ3n) is 1.83. The third-order valence-corrected chi connectivity index (χ3v) is 1.83. The van der Waals surface area contributed by atoms with E-state index < -0.39 is 0 Å². The summed E-state index contributed by atoms with van der Waals surface area (Å²) < 4.78 is 0. The highest BCUT2D eigenvalue weighted by molar-refractivity contribution is 4.94. The molecule has 0 bridgehead atoms. The van der Waals surface area contributed by atoms with E-state index in [4.69, 9.17) is 0 Å². The van der Waals surface area contributed by atoms with Crippen molar-refractivity contribution < 1.29 is 0 Å². The molecule has 0 fully saturated rings. The lowest BCUT2D eigenvalue weighted by Gasteiger charge is -2.18. The van der Waals surface area contributed by atoms with Crippen molar-refractivity contribution in [2.24, 2.45) is 5.41 Å². The Morgan fingerprint density at radius 1 is 1.36 bits per heavy atom. The third kappa shape index (κ3) is 6.15. The van der Waals surface area contributed by atoms with E-state index in [1.165, 1.54) is 12.8 Å². The molecule has 0 nitrogen and oxygen atoms in total.